The summed E-state index contributed by atoms with van der Waals surface area (Å²) in [5.41, 5.74) is 5.87. The number of benzene rings is 4. The van der Waals surface area contributed by atoms with E-state index < -0.39 is 0 Å². The van der Waals surface area contributed by atoms with Crippen LogP contribution < -0.4 is 10.2 Å². The monoisotopic (exact) mass is 485 g/mol. The Morgan fingerprint density at radius 2 is 1.24 bits per heavy atom. The Morgan fingerprint density at radius 1 is 0.649 bits per heavy atom. The first-order chi connectivity index (χ1) is 18.2. The standard InChI is InChI=1S/C32H31N5/c1-24-16-18-27(19-17-24)33-31-28-14-8-9-15-29(28)34-32(35-31)37-22-20-36(21-23-37)30(25-10-4-2-5-11-25)26-12-6-3-7-13-26/h2-19,30H,20-23H2,1H3,(H,33,34,35). The van der Waals surface area contributed by atoms with E-state index in [2.05, 4.69) is 119 Å². The van der Waals surface area contributed by atoms with E-state index in [1.807, 2.05) is 12.1 Å². The number of fused-ring (bicyclic) bond motifs is 1. The number of anilines is 3. The Morgan fingerprint density at radius 3 is 1.89 bits per heavy atom. The first kappa shape index (κ1) is 23.2. The topological polar surface area (TPSA) is 44.3 Å². The molecule has 1 N–H and O–H groups in total. The zero-order valence-corrected chi connectivity index (χ0v) is 21.1. The molecule has 0 saturated carbocycles. The van der Waals surface area contributed by atoms with Crippen molar-refractivity contribution in [3.8, 4) is 0 Å². The molecule has 0 bridgehead atoms. The number of piperazine rings is 1. The lowest BCUT2D eigenvalue weighted by molar-refractivity contribution is 0.211. The summed E-state index contributed by atoms with van der Waals surface area (Å²) >= 11 is 0. The molecule has 0 unspecified atom stereocenters. The van der Waals surface area contributed by atoms with E-state index in [4.69, 9.17) is 9.97 Å². The number of hydrogen-bond donors (Lipinski definition) is 1. The molecule has 1 fully saturated rings. The van der Waals surface area contributed by atoms with Gasteiger partial charge in [0.05, 0.1) is 11.6 Å². The van der Waals surface area contributed by atoms with E-state index in [-0.39, 0.29) is 6.04 Å². The Balaban J connectivity index is 1.26. The van der Waals surface area contributed by atoms with Crippen LogP contribution >= 0.6 is 0 Å². The summed E-state index contributed by atoms with van der Waals surface area (Å²) in [6, 6.07) is 38.5. The van der Waals surface area contributed by atoms with Crippen LogP contribution in [0.3, 0.4) is 0 Å². The molecular formula is C32H31N5. The third kappa shape index (κ3) is 5.04. The van der Waals surface area contributed by atoms with Gasteiger partial charge in [-0.05, 0) is 42.3 Å². The van der Waals surface area contributed by atoms with Crippen LogP contribution in [0.1, 0.15) is 22.7 Å². The normalized spacial score (nSPS) is 14.3. The largest absolute Gasteiger partial charge is 0.340 e. The van der Waals surface area contributed by atoms with Crippen LogP contribution in [0.5, 0.6) is 0 Å². The van der Waals surface area contributed by atoms with Crippen LogP contribution in [0.15, 0.2) is 109 Å². The number of aryl methyl sites for hydroxylation is 1. The van der Waals surface area contributed by atoms with Crippen LogP contribution in [0, 0.1) is 6.92 Å². The highest BCUT2D eigenvalue weighted by Crippen LogP contribution is 2.31. The molecule has 4 aromatic carbocycles. The lowest BCUT2D eigenvalue weighted by Crippen LogP contribution is -2.48. The fourth-order valence-electron chi connectivity index (χ4n) is 5.14. The first-order valence-electron chi connectivity index (χ1n) is 12.9. The second-order valence-electron chi connectivity index (χ2n) is 9.63. The van der Waals surface area contributed by atoms with Crippen LogP contribution in [-0.2, 0) is 0 Å². The lowest BCUT2D eigenvalue weighted by Gasteiger charge is -2.40. The molecule has 5 heteroatoms. The summed E-state index contributed by atoms with van der Waals surface area (Å²) in [4.78, 5) is 14.9. The summed E-state index contributed by atoms with van der Waals surface area (Å²) in [6.07, 6.45) is 0. The molecule has 2 heterocycles. The summed E-state index contributed by atoms with van der Waals surface area (Å²) in [5.74, 6) is 1.63. The second-order valence-corrected chi connectivity index (χ2v) is 9.63. The van der Waals surface area contributed by atoms with Crippen LogP contribution in [-0.4, -0.2) is 41.0 Å². The van der Waals surface area contributed by atoms with Gasteiger partial charge in [-0.2, -0.15) is 4.98 Å². The van der Waals surface area contributed by atoms with Gasteiger partial charge in [0.1, 0.15) is 5.82 Å². The molecular weight excluding hydrogens is 454 g/mol. The molecule has 5 nitrogen and oxygen atoms in total. The van der Waals surface area contributed by atoms with E-state index in [1.165, 1.54) is 16.7 Å². The summed E-state index contributed by atoms with van der Waals surface area (Å²) in [5, 5.41) is 4.56. The number of nitrogens with one attached hydrogen (secondary N) is 1. The molecule has 184 valence electrons. The third-order valence-corrected chi connectivity index (χ3v) is 7.10. The van der Waals surface area contributed by atoms with Gasteiger partial charge in [-0.3, -0.25) is 4.90 Å². The smallest absolute Gasteiger partial charge is 0.227 e. The minimum absolute atomic E-state index is 0.237. The lowest BCUT2D eigenvalue weighted by atomic mass is 9.96. The van der Waals surface area contributed by atoms with Crippen molar-refractivity contribution in [2.75, 3.05) is 36.4 Å². The van der Waals surface area contributed by atoms with Crippen molar-refractivity contribution in [2.24, 2.45) is 0 Å². The van der Waals surface area contributed by atoms with E-state index in [9.17, 15) is 0 Å². The van der Waals surface area contributed by atoms with Crippen molar-refractivity contribution in [1.29, 1.82) is 0 Å². The van der Waals surface area contributed by atoms with Crippen molar-refractivity contribution in [3.05, 3.63) is 126 Å². The molecule has 37 heavy (non-hydrogen) atoms. The SMILES string of the molecule is Cc1ccc(Nc2nc(N3CCN(C(c4ccccc4)c4ccccc4)CC3)nc3ccccc23)cc1. The molecule has 0 amide bonds. The molecule has 6 rings (SSSR count). The van der Waals surface area contributed by atoms with Crippen molar-refractivity contribution >= 4 is 28.4 Å². The van der Waals surface area contributed by atoms with Crippen LogP contribution in [0.25, 0.3) is 10.9 Å². The predicted molar refractivity (Wildman–Crippen MR) is 153 cm³/mol. The minimum Gasteiger partial charge on any atom is -0.340 e. The van der Waals surface area contributed by atoms with Crippen molar-refractivity contribution in [2.45, 2.75) is 13.0 Å². The Bertz CT molecular complexity index is 1420. The maximum absolute atomic E-state index is 5.01. The summed E-state index contributed by atoms with van der Waals surface area (Å²) < 4.78 is 0. The summed E-state index contributed by atoms with van der Waals surface area (Å²) in [7, 11) is 0. The van der Waals surface area contributed by atoms with Gasteiger partial charge in [-0.1, -0.05) is 90.5 Å². The maximum atomic E-state index is 5.01. The molecule has 0 radical (unpaired) electrons. The highest BCUT2D eigenvalue weighted by atomic mass is 15.3. The fourth-order valence-corrected chi connectivity index (χ4v) is 5.14. The number of para-hydroxylation sites is 1. The highest BCUT2D eigenvalue weighted by Gasteiger charge is 2.27. The second kappa shape index (κ2) is 10.4. The van der Waals surface area contributed by atoms with Gasteiger partial charge >= 0.3 is 0 Å². The molecule has 1 aliphatic heterocycles. The molecule has 5 aromatic rings. The quantitative estimate of drug-likeness (QED) is 0.294. The molecule has 1 aliphatic rings. The first-order valence-corrected chi connectivity index (χ1v) is 12.9. The zero-order valence-electron chi connectivity index (χ0n) is 21.1. The van der Waals surface area contributed by atoms with Gasteiger partial charge in [0, 0.05) is 37.3 Å². The van der Waals surface area contributed by atoms with E-state index in [1.54, 1.807) is 0 Å². The van der Waals surface area contributed by atoms with Gasteiger partial charge in [0.25, 0.3) is 0 Å². The molecule has 0 atom stereocenters. The number of rotatable bonds is 6. The van der Waals surface area contributed by atoms with Gasteiger partial charge in [0.15, 0.2) is 0 Å². The summed E-state index contributed by atoms with van der Waals surface area (Å²) in [6.45, 7) is 5.72. The van der Waals surface area contributed by atoms with E-state index >= 15 is 0 Å². The Hall–Kier alpha value is -4.22. The number of nitrogens with zero attached hydrogens (tertiary/aromatic N) is 4. The van der Waals surface area contributed by atoms with Gasteiger partial charge < -0.3 is 10.2 Å². The average Bonchev–Trinajstić information content (AvgIpc) is 2.96. The van der Waals surface area contributed by atoms with Crippen molar-refractivity contribution in [3.63, 3.8) is 0 Å². The minimum atomic E-state index is 0.237. The van der Waals surface area contributed by atoms with Gasteiger partial charge in [-0.25, -0.2) is 4.98 Å². The van der Waals surface area contributed by atoms with Gasteiger partial charge in [0.2, 0.25) is 5.95 Å². The molecule has 0 spiro atoms. The molecule has 1 aromatic heterocycles. The average molecular weight is 486 g/mol. The van der Waals surface area contributed by atoms with Gasteiger partial charge in [-0.15, -0.1) is 0 Å². The highest BCUT2D eigenvalue weighted by molar-refractivity contribution is 5.91. The number of aromatic nitrogens is 2. The van der Waals surface area contributed by atoms with Crippen LogP contribution in [0.4, 0.5) is 17.5 Å². The van der Waals surface area contributed by atoms with Crippen molar-refractivity contribution < 1.29 is 0 Å². The van der Waals surface area contributed by atoms with Crippen LogP contribution in [0.2, 0.25) is 0 Å². The number of hydrogen-bond acceptors (Lipinski definition) is 5. The van der Waals surface area contributed by atoms with E-state index in [0.29, 0.717) is 0 Å². The maximum Gasteiger partial charge on any atom is 0.227 e. The Labute approximate surface area is 218 Å². The molecule has 1 saturated heterocycles. The predicted octanol–water partition coefficient (Wildman–Crippen LogP) is 6.59. The van der Waals surface area contributed by atoms with E-state index in [0.717, 1.165) is 54.5 Å². The van der Waals surface area contributed by atoms with Crippen molar-refractivity contribution in [1.82, 2.24) is 14.9 Å². The fraction of sp³-hybridized carbons (Fsp3) is 0.188. The third-order valence-electron chi connectivity index (χ3n) is 7.10. The Kier molecular flexibility index (Phi) is 6.53. The zero-order chi connectivity index (χ0) is 25.0. The molecule has 0 aliphatic carbocycles.